The molecule has 0 aromatic heterocycles. The van der Waals surface area contributed by atoms with Crippen LogP contribution in [0.1, 0.15) is 30.5 Å². The van der Waals surface area contributed by atoms with Crippen molar-refractivity contribution in [2.75, 3.05) is 6.54 Å². The Morgan fingerprint density at radius 2 is 1.81 bits per heavy atom. The summed E-state index contributed by atoms with van der Waals surface area (Å²) in [5.41, 5.74) is 1.60. The molecule has 21 heavy (non-hydrogen) atoms. The molecule has 0 spiro atoms. The van der Waals surface area contributed by atoms with Crippen LogP contribution < -0.4 is 5.32 Å². The van der Waals surface area contributed by atoms with Gasteiger partial charge in [0, 0.05) is 5.02 Å². The van der Waals surface area contributed by atoms with Gasteiger partial charge in [0.1, 0.15) is 0 Å². The fourth-order valence-corrected chi connectivity index (χ4v) is 2.79. The van der Waals surface area contributed by atoms with Crippen molar-refractivity contribution in [1.29, 1.82) is 0 Å². The van der Waals surface area contributed by atoms with E-state index in [1.54, 1.807) is 18.2 Å². The second-order valence-corrected chi connectivity index (χ2v) is 5.93. The first-order valence-electron chi connectivity index (χ1n) is 6.66. The topological polar surface area (TPSA) is 12.0 Å². The van der Waals surface area contributed by atoms with Crippen molar-refractivity contribution in [3.05, 3.63) is 68.7 Å². The molecule has 0 aliphatic heterocycles. The number of halogens is 4. The summed E-state index contributed by atoms with van der Waals surface area (Å²) in [4.78, 5) is 0. The van der Waals surface area contributed by atoms with E-state index in [4.69, 9.17) is 11.6 Å². The molecule has 1 nitrogen and oxygen atoms in total. The fourth-order valence-electron chi connectivity index (χ4n) is 2.12. The highest BCUT2D eigenvalue weighted by molar-refractivity contribution is 9.10. The van der Waals surface area contributed by atoms with Crippen molar-refractivity contribution < 1.29 is 8.78 Å². The largest absolute Gasteiger partial charge is 0.306 e. The van der Waals surface area contributed by atoms with Gasteiger partial charge in [-0.05, 0) is 58.2 Å². The van der Waals surface area contributed by atoms with Gasteiger partial charge in [-0.3, -0.25) is 0 Å². The average molecular weight is 375 g/mol. The van der Waals surface area contributed by atoms with Gasteiger partial charge < -0.3 is 5.32 Å². The van der Waals surface area contributed by atoms with E-state index in [0.717, 1.165) is 24.6 Å². The zero-order chi connectivity index (χ0) is 15.4. The first-order valence-corrected chi connectivity index (χ1v) is 7.84. The SMILES string of the molecule is CCCNC(c1ccc(Cl)cc1)c1ccc(F)c(F)c1Br. The van der Waals surface area contributed by atoms with Crippen LogP contribution in [0.4, 0.5) is 8.78 Å². The second-order valence-electron chi connectivity index (χ2n) is 4.70. The second kappa shape index (κ2) is 7.34. The van der Waals surface area contributed by atoms with Crippen LogP contribution in [-0.2, 0) is 0 Å². The molecular formula is C16H15BrClF2N. The molecule has 1 N–H and O–H groups in total. The zero-order valence-corrected chi connectivity index (χ0v) is 13.8. The molecule has 0 aliphatic rings. The normalized spacial score (nSPS) is 12.4. The third-order valence-corrected chi connectivity index (χ3v) is 4.24. The number of hydrogen-bond acceptors (Lipinski definition) is 1. The van der Waals surface area contributed by atoms with Gasteiger partial charge in [0.05, 0.1) is 10.5 Å². The summed E-state index contributed by atoms with van der Waals surface area (Å²) in [6.45, 7) is 2.81. The summed E-state index contributed by atoms with van der Waals surface area (Å²) in [6, 6.07) is 9.83. The van der Waals surface area contributed by atoms with Gasteiger partial charge in [-0.15, -0.1) is 0 Å². The van der Waals surface area contributed by atoms with E-state index >= 15 is 0 Å². The van der Waals surface area contributed by atoms with Crippen molar-refractivity contribution in [1.82, 2.24) is 5.32 Å². The number of nitrogens with one attached hydrogen (secondary N) is 1. The van der Waals surface area contributed by atoms with E-state index in [9.17, 15) is 8.78 Å². The molecule has 5 heteroatoms. The predicted octanol–water partition coefficient (Wildman–Crippen LogP) is 5.47. The summed E-state index contributed by atoms with van der Waals surface area (Å²) in [6.07, 6.45) is 0.936. The molecule has 0 fully saturated rings. The van der Waals surface area contributed by atoms with Crippen molar-refractivity contribution >= 4 is 27.5 Å². The molecule has 0 heterocycles. The molecule has 1 atom stereocenters. The van der Waals surface area contributed by atoms with Crippen LogP contribution in [-0.4, -0.2) is 6.54 Å². The Morgan fingerprint density at radius 3 is 2.43 bits per heavy atom. The monoisotopic (exact) mass is 373 g/mol. The highest BCUT2D eigenvalue weighted by Gasteiger charge is 2.20. The van der Waals surface area contributed by atoms with E-state index in [1.165, 1.54) is 0 Å². The minimum absolute atomic E-state index is 0.144. The molecule has 2 rings (SSSR count). The molecule has 0 radical (unpaired) electrons. The van der Waals surface area contributed by atoms with Crippen LogP contribution in [0.5, 0.6) is 0 Å². The van der Waals surface area contributed by atoms with Crippen molar-refractivity contribution in [3.63, 3.8) is 0 Å². The first-order chi connectivity index (χ1) is 10.0. The van der Waals surface area contributed by atoms with Gasteiger partial charge in [-0.1, -0.05) is 36.7 Å². The number of rotatable bonds is 5. The van der Waals surface area contributed by atoms with Gasteiger partial charge >= 0.3 is 0 Å². The molecule has 112 valence electrons. The number of benzene rings is 2. The molecule has 0 saturated carbocycles. The Bertz CT molecular complexity index is 616. The highest BCUT2D eigenvalue weighted by atomic mass is 79.9. The van der Waals surface area contributed by atoms with Crippen LogP contribution in [0, 0.1) is 11.6 Å². The Balaban J connectivity index is 2.45. The van der Waals surface area contributed by atoms with Gasteiger partial charge in [0.25, 0.3) is 0 Å². The summed E-state index contributed by atoms with van der Waals surface area (Å²) < 4.78 is 27.2. The maximum absolute atomic E-state index is 13.8. The quantitative estimate of drug-likeness (QED) is 0.684. The molecule has 2 aromatic carbocycles. The first kappa shape index (κ1) is 16.4. The van der Waals surface area contributed by atoms with Gasteiger partial charge in [-0.2, -0.15) is 0 Å². The molecule has 0 aliphatic carbocycles. The van der Waals surface area contributed by atoms with E-state index in [1.807, 2.05) is 19.1 Å². The Hall–Kier alpha value is -0.970. The lowest BCUT2D eigenvalue weighted by Crippen LogP contribution is -2.24. The van der Waals surface area contributed by atoms with E-state index in [2.05, 4.69) is 21.2 Å². The molecular weight excluding hydrogens is 360 g/mol. The van der Waals surface area contributed by atoms with Gasteiger partial charge in [-0.25, -0.2) is 8.78 Å². The summed E-state index contributed by atoms with van der Waals surface area (Å²) >= 11 is 9.06. The smallest absolute Gasteiger partial charge is 0.173 e. The van der Waals surface area contributed by atoms with Crippen LogP contribution in [0.15, 0.2) is 40.9 Å². The molecule has 1 unspecified atom stereocenters. The lowest BCUT2D eigenvalue weighted by atomic mass is 9.98. The predicted molar refractivity (Wildman–Crippen MR) is 85.6 cm³/mol. The molecule has 0 amide bonds. The van der Waals surface area contributed by atoms with Gasteiger partial charge in [0.2, 0.25) is 0 Å². The van der Waals surface area contributed by atoms with E-state index in [0.29, 0.717) is 10.6 Å². The minimum atomic E-state index is -0.871. The highest BCUT2D eigenvalue weighted by Crippen LogP contribution is 2.32. The standard InChI is InChI=1S/C16H15BrClF2N/c1-2-9-21-16(10-3-5-11(18)6-4-10)12-7-8-13(19)15(20)14(12)17/h3-8,16,21H,2,9H2,1H3. The minimum Gasteiger partial charge on any atom is -0.306 e. The van der Waals surface area contributed by atoms with Crippen LogP contribution in [0.3, 0.4) is 0 Å². The van der Waals surface area contributed by atoms with Crippen molar-refractivity contribution in [2.24, 2.45) is 0 Å². The van der Waals surface area contributed by atoms with Crippen molar-refractivity contribution in [2.45, 2.75) is 19.4 Å². The average Bonchev–Trinajstić information content (AvgIpc) is 2.48. The van der Waals surface area contributed by atoms with E-state index in [-0.39, 0.29) is 10.5 Å². The summed E-state index contributed by atoms with van der Waals surface area (Å²) in [5.74, 6) is -1.74. The Labute approximate surface area is 136 Å². The third-order valence-electron chi connectivity index (χ3n) is 3.18. The molecule has 0 saturated heterocycles. The Morgan fingerprint density at radius 1 is 1.14 bits per heavy atom. The molecule has 0 bridgehead atoms. The van der Waals surface area contributed by atoms with Gasteiger partial charge in [0.15, 0.2) is 11.6 Å². The zero-order valence-electron chi connectivity index (χ0n) is 11.5. The molecule has 2 aromatic rings. The van der Waals surface area contributed by atoms with E-state index < -0.39 is 11.6 Å². The lowest BCUT2D eigenvalue weighted by molar-refractivity contribution is 0.497. The summed E-state index contributed by atoms with van der Waals surface area (Å²) in [7, 11) is 0. The lowest BCUT2D eigenvalue weighted by Gasteiger charge is -2.21. The Kier molecular flexibility index (Phi) is 5.73. The third kappa shape index (κ3) is 3.82. The van der Waals surface area contributed by atoms with Crippen LogP contribution in [0.25, 0.3) is 0 Å². The number of hydrogen-bond donors (Lipinski definition) is 1. The summed E-state index contributed by atoms with van der Waals surface area (Å²) in [5, 5.41) is 3.98. The maximum atomic E-state index is 13.8. The van der Waals surface area contributed by atoms with Crippen LogP contribution >= 0.6 is 27.5 Å². The van der Waals surface area contributed by atoms with Crippen molar-refractivity contribution in [3.8, 4) is 0 Å². The maximum Gasteiger partial charge on any atom is 0.173 e. The van der Waals surface area contributed by atoms with Crippen LogP contribution in [0.2, 0.25) is 5.02 Å². The fraction of sp³-hybridized carbons (Fsp3) is 0.250.